The molecule has 0 aliphatic carbocycles. The molecular weight excluding hydrogens is 448 g/mol. The summed E-state index contributed by atoms with van der Waals surface area (Å²) >= 11 is 0. The minimum absolute atomic E-state index is 0.926. The standard InChI is InChI=1S/C36H22O/c1-2-12-29-27(10-1)28-11-3-4-13-30(28)33-21-25(16-18-31(29)33)23-8-7-9-24(20-23)26-17-19-36-34(22-26)32-14-5-6-15-35(32)37-36/h1-22H. The summed E-state index contributed by atoms with van der Waals surface area (Å²) in [7, 11) is 0. The first-order valence-corrected chi connectivity index (χ1v) is 12.7. The summed E-state index contributed by atoms with van der Waals surface area (Å²) in [4.78, 5) is 0. The van der Waals surface area contributed by atoms with Crippen LogP contribution < -0.4 is 0 Å². The molecule has 0 bridgehead atoms. The second kappa shape index (κ2) is 7.81. The molecule has 0 atom stereocenters. The van der Waals surface area contributed by atoms with Crippen molar-refractivity contribution < 1.29 is 4.42 Å². The Balaban J connectivity index is 1.31. The van der Waals surface area contributed by atoms with Gasteiger partial charge in [-0.15, -0.1) is 0 Å². The van der Waals surface area contributed by atoms with Crippen LogP contribution in [0.1, 0.15) is 0 Å². The first-order chi connectivity index (χ1) is 18.3. The third kappa shape index (κ3) is 3.11. The Labute approximate surface area is 214 Å². The second-order valence-corrected chi connectivity index (χ2v) is 9.74. The predicted octanol–water partition coefficient (Wildman–Crippen LogP) is 10.4. The van der Waals surface area contributed by atoms with Gasteiger partial charge in [0.15, 0.2) is 0 Å². The van der Waals surface area contributed by atoms with E-state index in [-0.39, 0.29) is 0 Å². The van der Waals surface area contributed by atoms with Crippen LogP contribution in [-0.4, -0.2) is 0 Å². The van der Waals surface area contributed by atoms with E-state index in [0.29, 0.717) is 0 Å². The zero-order valence-electron chi connectivity index (χ0n) is 20.1. The zero-order valence-corrected chi connectivity index (χ0v) is 20.1. The molecule has 37 heavy (non-hydrogen) atoms. The van der Waals surface area contributed by atoms with Crippen molar-refractivity contribution in [2.75, 3.05) is 0 Å². The van der Waals surface area contributed by atoms with Crippen molar-refractivity contribution in [2.45, 2.75) is 0 Å². The molecule has 0 aliphatic rings. The van der Waals surface area contributed by atoms with Gasteiger partial charge in [-0.1, -0.05) is 103 Å². The molecule has 0 spiro atoms. The van der Waals surface area contributed by atoms with Gasteiger partial charge in [0, 0.05) is 10.8 Å². The minimum atomic E-state index is 0.926. The molecule has 1 heteroatoms. The van der Waals surface area contributed by atoms with Gasteiger partial charge in [0.2, 0.25) is 0 Å². The normalized spacial score (nSPS) is 11.8. The molecule has 1 aromatic heterocycles. The van der Waals surface area contributed by atoms with Crippen LogP contribution >= 0.6 is 0 Å². The van der Waals surface area contributed by atoms with E-state index in [1.54, 1.807) is 0 Å². The number of hydrogen-bond donors (Lipinski definition) is 0. The van der Waals surface area contributed by atoms with Crippen LogP contribution in [0.5, 0.6) is 0 Å². The zero-order chi connectivity index (χ0) is 24.3. The van der Waals surface area contributed by atoms with Gasteiger partial charge < -0.3 is 4.42 Å². The lowest BCUT2D eigenvalue weighted by Gasteiger charge is -2.12. The largest absolute Gasteiger partial charge is 0.456 e. The molecule has 8 aromatic rings. The Bertz CT molecular complexity index is 2110. The fourth-order valence-electron chi connectivity index (χ4n) is 5.87. The fraction of sp³-hybridized carbons (Fsp3) is 0. The summed E-state index contributed by atoms with van der Waals surface area (Å²) in [5, 5.41) is 10.1. The maximum absolute atomic E-state index is 6.04. The van der Waals surface area contributed by atoms with E-state index in [9.17, 15) is 0 Å². The Kier molecular flexibility index (Phi) is 4.29. The number of rotatable bonds is 2. The third-order valence-electron chi connectivity index (χ3n) is 7.65. The smallest absolute Gasteiger partial charge is 0.135 e. The van der Waals surface area contributed by atoms with Gasteiger partial charge in [-0.3, -0.25) is 0 Å². The highest BCUT2D eigenvalue weighted by atomic mass is 16.3. The molecule has 0 aliphatic heterocycles. The average molecular weight is 471 g/mol. The molecule has 0 fully saturated rings. The summed E-state index contributed by atoms with van der Waals surface area (Å²) in [6.45, 7) is 0. The van der Waals surface area contributed by atoms with Crippen LogP contribution in [0.4, 0.5) is 0 Å². The highest BCUT2D eigenvalue weighted by Gasteiger charge is 2.11. The SMILES string of the molecule is c1cc(-c2ccc3oc4ccccc4c3c2)cc(-c2ccc3c4ccccc4c4ccccc4c3c2)c1. The van der Waals surface area contributed by atoms with Gasteiger partial charge in [0.05, 0.1) is 0 Å². The van der Waals surface area contributed by atoms with E-state index in [1.165, 1.54) is 54.6 Å². The second-order valence-electron chi connectivity index (χ2n) is 9.74. The summed E-state index contributed by atoms with van der Waals surface area (Å²) in [5.74, 6) is 0. The lowest BCUT2D eigenvalue weighted by molar-refractivity contribution is 0.669. The molecule has 8 rings (SSSR count). The van der Waals surface area contributed by atoms with Gasteiger partial charge in [0.25, 0.3) is 0 Å². The summed E-state index contributed by atoms with van der Waals surface area (Å²) < 4.78 is 6.04. The van der Waals surface area contributed by atoms with Gasteiger partial charge in [-0.2, -0.15) is 0 Å². The van der Waals surface area contributed by atoms with E-state index < -0.39 is 0 Å². The molecule has 1 heterocycles. The van der Waals surface area contributed by atoms with Crippen molar-refractivity contribution in [1.29, 1.82) is 0 Å². The van der Waals surface area contributed by atoms with Crippen LogP contribution in [-0.2, 0) is 0 Å². The highest BCUT2D eigenvalue weighted by molar-refractivity contribution is 6.25. The predicted molar refractivity (Wildman–Crippen MR) is 157 cm³/mol. The lowest BCUT2D eigenvalue weighted by Crippen LogP contribution is -1.85. The minimum Gasteiger partial charge on any atom is -0.456 e. The van der Waals surface area contributed by atoms with Crippen molar-refractivity contribution in [3.8, 4) is 22.3 Å². The highest BCUT2D eigenvalue weighted by Crippen LogP contribution is 2.38. The number of furan rings is 1. The van der Waals surface area contributed by atoms with Crippen molar-refractivity contribution in [3.63, 3.8) is 0 Å². The Morgan fingerprint density at radius 2 is 0.730 bits per heavy atom. The van der Waals surface area contributed by atoms with Gasteiger partial charge in [0.1, 0.15) is 11.2 Å². The Hall–Kier alpha value is -4.88. The monoisotopic (exact) mass is 470 g/mol. The maximum atomic E-state index is 6.04. The first kappa shape index (κ1) is 20.3. The number of hydrogen-bond acceptors (Lipinski definition) is 1. The lowest BCUT2D eigenvalue weighted by atomic mass is 9.91. The molecule has 0 N–H and O–H groups in total. The van der Waals surface area contributed by atoms with Crippen LogP contribution in [0.15, 0.2) is 138 Å². The topological polar surface area (TPSA) is 13.1 Å². The molecular formula is C36H22O. The van der Waals surface area contributed by atoms with Crippen LogP contribution in [0.2, 0.25) is 0 Å². The van der Waals surface area contributed by atoms with Gasteiger partial charge in [-0.05, 0) is 84.9 Å². The molecule has 0 amide bonds. The number of benzene rings is 7. The molecule has 0 unspecified atom stereocenters. The number of fused-ring (bicyclic) bond motifs is 9. The van der Waals surface area contributed by atoms with Crippen molar-refractivity contribution in [3.05, 3.63) is 133 Å². The molecule has 0 saturated heterocycles. The fourth-order valence-corrected chi connectivity index (χ4v) is 5.87. The molecule has 1 nitrogen and oxygen atoms in total. The molecule has 7 aromatic carbocycles. The quantitative estimate of drug-likeness (QED) is 0.229. The molecule has 172 valence electrons. The Morgan fingerprint density at radius 3 is 1.41 bits per heavy atom. The van der Waals surface area contributed by atoms with E-state index >= 15 is 0 Å². The maximum Gasteiger partial charge on any atom is 0.135 e. The first-order valence-electron chi connectivity index (χ1n) is 12.7. The summed E-state index contributed by atoms with van der Waals surface area (Å²) in [6, 6.07) is 48.0. The van der Waals surface area contributed by atoms with Crippen LogP contribution in [0, 0.1) is 0 Å². The molecule has 0 saturated carbocycles. The third-order valence-corrected chi connectivity index (χ3v) is 7.65. The van der Waals surface area contributed by atoms with Gasteiger partial charge >= 0.3 is 0 Å². The summed E-state index contributed by atoms with van der Waals surface area (Å²) in [5.41, 5.74) is 6.69. The molecule has 0 radical (unpaired) electrons. The number of para-hydroxylation sites is 1. The average Bonchev–Trinajstić information content (AvgIpc) is 3.35. The van der Waals surface area contributed by atoms with E-state index in [2.05, 4.69) is 121 Å². The van der Waals surface area contributed by atoms with Gasteiger partial charge in [-0.25, -0.2) is 0 Å². The van der Waals surface area contributed by atoms with E-state index in [0.717, 1.165) is 21.9 Å². The van der Waals surface area contributed by atoms with Crippen LogP contribution in [0.25, 0.3) is 76.5 Å². The van der Waals surface area contributed by atoms with Crippen LogP contribution in [0.3, 0.4) is 0 Å². The van der Waals surface area contributed by atoms with E-state index in [1.807, 2.05) is 12.1 Å². The van der Waals surface area contributed by atoms with Crippen molar-refractivity contribution in [1.82, 2.24) is 0 Å². The van der Waals surface area contributed by atoms with E-state index in [4.69, 9.17) is 4.42 Å². The Morgan fingerprint density at radius 1 is 0.270 bits per heavy atom. The van der Waals surface area contributed by atoms with Crippen molar-refractivity contribution >= 4 is 54.3 Å². The summed E-state index contributed by atoms with van der Waals surface area (Å²) in [6.07, 6.45) is 0. The van der Waals surface area contributed by atoms with Crippen molar-refractivity contribution in [2.24, 2.45) is 0 Å².